The Morgan fingerprint density at radius 3 is 2.79 bits per heavy atom. The number of thiazole rings is 1. The Balaban J connectivity index is 1.65. The van der Waals surface area contributed by atoms with Gasteiger partial charge in [0, 0.05) is 44.4 Å². The van der Waals surface area contributed by atoms with Crippen LogP contribution in [0.1, 0.15) is 18.9 Å². The van der Waals surface area contributed by atoms with Gasteiger partial charge in [-0.15, -0.1) is 11.3 Å². The van der Waals surface area contributed by atoms with E-state index in [1.807, 2.05) is 43.3 Å². The first-order chi connectivity index (χ1) is 15.8. The Morgan fingerprint density at radius 2 is 2.03 bits per heavy atom. The van der Waals surface area contributed by atoms with Gasteiger partial charge < -0.3 is 19.0 Å². The Morgan fingerprint density at radius 1 is 1.21 bits per heavy atom. The van der Waals surface area contributed by atoms with Crippen molar-refractivity contribution in [2.75, 3.05) is 31.6 Å². The number of rotatable bonds is 3. The van der Waals surface area contributed by atoms with Crippen molar-refractivity contribution in [2.24, 2.45) is 0 Å². The number of aryl methyl sites for hydroxylation is 1. The van der Waals surface area contributed by atoms with Crippen LogP contribution in [0.25, 0.3) is 32.3 Å². The number of carbonyl (C=O) groups excluding carboxylic acids is 1. The predicted octanol–water partition coefficient (Wildman–Crippen LogP) is 4.44. The minimum Gasteiger partial charge on any atom is -0.425 e. The molecule has 1 atom stereocenters. The quantitative estimate of drug-likeness (QED) is 0.328. The molecule has 4 aromatic rings. The largest absolute Gasteiger partial charge is 0.425 e. The third kappa shape index (κ3) is 4.00. The standard InChI is InChI=1S/C25H25N3O4S/c1-14-13-28(10-9-27(14)4)18-6-7-19-21(12-18)32-25(30)23(24(19)31-16(3)29)17-5-8-20-22(11-17)33-15(2)26-20/h5-8,11-12,14H,9-10,13H2,1-4H3/t14-/m0/s1. The zero-order valence-corrected chi connectivity index (χ0v) is 19.9. The minimum absolute atomic E-state index is 0.229. The molecule has 3 heterocycles. The van der Waals surface area contributed by atoms with Crippen LogP contribution in [-0.4, -0.2) is 48.6 Å². The maximum absolute atomic E-state index is 13.2. The van der Waals surface area contributed by atoms with Crippen LogP contribution in [-0.2, 0) is 4.79 Å². The molecule has 0 N–H and O–H groups in total. The summed E-state index contributed by atoms with van der Waals surface area (Å²) < 4.78 is 12.3. The Labute approximate surface area is 195 Å². The van der Waals surface area contributed by atoms with Crippen LogP contribution in [0.15, 0.2) is 45.6 Å². The lowest BCUT2D eigenvalue weighted by atomic mass is 10.0. The number of piperazine rings is 1. The number of esters is 1. The summed E-state index contributed by atoms with van der Waals surface area (Å²) in [5.41, 5.74) is 2.59. The van der Waals surface area contributed by atoms with E-state index >= 15 is 0 Å². The van der Waals surface area contributed by atoms with E-state index in [0.717, 1.165) is 40.5 Å². The number of hydrogen-bond donors (Lipinski definition) is 0. The van der Waals surface area contributed by atoms with Crippen molar-refractivity contribution in [2.45, 2.75) is 26.8 Å². The number of carbonyl (C=O) groups is 1. The highest BCUT2D eigenvalue weighted by Crippen LogP contribution is 2.37. The molecule has 2 aromatic heterocycles. The van der Waals surface area contributed by atoms with E-state index in [4.69, 9.17) is 9.15 Å². The zero-order chi connectivity index (χ0) is 23.3. The van der Waals surface area contributed by atoms with Gasteiger partial charge in [0.2, 0.25) is 0 Å². The molecule has 0 radical (unpaired) electrons. The highest BCUT2D eigenvalue weighted by molar-refractivity contribution is 7.18. The number of ether oxygens (including phenoxy) is 1. The van der Waals surface area contributed by atoms with E-state index in [2.05, 4.69) is 28.8 Å². The Kier molecular flexibility index (Phi) is 5.42. The Bertz CT molecular complexity index is 1440. The van der Waals surface area contributed by atoms with Crippen molar-refractivity contribution in [1.82, 2.24) is 9.88 Å². The van der Waals surface area contributed by atoms with E-state index in [1.165, 1.54) is 6.92 Å². The number of anilines is 1. The van der Waals surface area contributed by atoms with Crippen molar-refractivity contribution >= 4 is 44.2 Å². The molecule has 33 heavy (non-hydrogen) atoms. The van der Waals surface area contributed by atoms with Crippen LogP contribution in [0.3, 0.4) is 0 Å². The van der Waals surface area contributed by atoms with Crippen molar-refractivity contribution in [3.63, 3.8) is 0 Å². The van der Waals surface area contributed by atoms with E-state index in [1.54, 1.807) is 11.3 Å². The van der Waals surface area contributed by atoms with Gasteiger partial charge in [0.1, 0.15) is 11.1 Å². The fourth-order valence-electron chi connectivity index (χ4n) is 4.33. The Hall–Kier alpha value is -3.23. The van der Waals surface area contributed by atoms with Crippen molar-refractivity contribution in [1.29, 1.82) is 0 Å². The summed E-state index contributed by atoms with van der Waals surface area (Å²) in [6.45, 7) is 8.20. The lowest BCUT2D eigenvalue weighted by Crippen LogP contribution is -2.50. The third-order valence-corrected chi connectivity index (χ3v) is 7.13. The average molecular weight is 464 g/mol. The molecule has 7 nitrogen and oxygen atoms in total. The SMILES string of the molecule is CC(=O)Oc1c(-c2ccc3nc(C)sc3c2)c(=O)oc2cc(N3CCN(C)[C@@H](C)C3)ccc12. The van der Waals surface area contributed by atoms with Gasteiger partial charge in [-0.1, -0.05) is 6.07 Å². The molecule has 8 heteroatoms. The average Bonchev–Trinajstić information content (AvgIpc) is 3.14. The minimum atomic E-state index is -0.539. The van der Waals surface area contributed by atoms with Crippen LogP contribution in [0, 0.1) is 6.92 Å². The predicted molar refractivity (Wildman–Crippen MR) is 131 cm³/mol. The summed E-state index contributed by atoms with van der Waals surface area (Å²) in [5, 5.41) is 1.53. The second-order valence-corrected chi connectivity index (χ2v) is 9.79. The fraction of sp³-hybridized carbons (Fsp3) is 0.320. The summed E-state index contributed by atoms with van der Waals surface area (Å²) in [4.78, 5) is 34.2. The fourth-order valence-corrected chi connectivity index (χ4v) is 5.20. The van der Waals surface area contributed by atoms with Gasteiger partial charge in [-0.3, -0.25) is 4.79 Å². The second-order valence-electron chi connectivity index (χ2n) is 8.56. The maximum Gasteiger partial charge on any atom is 0.348 e. The number of hydrogen-bond acceptors (Lipinski definition) is 8. The third-order valence-electron chi connectivity index (χ3n) is 6.20. The van der Waals surface area contributed by atoms with Crippen LogP contribution < -0.4 is 15.3 Å². The first kappa shape index (κ1) is 21.6. The summed E-state index contributed by atoms with van der Waals surface area (Å²) in [6.07, 6.45) is 0. The number of benzene rings is 2. The molecule has 0 saturated carbocycles. The van der Waals surface area contributed by atoms with E-state index in [9.17, 15) is 9.59 Å². The zero-order valence-electron chi connectivity index (χ0n) is 19.0. The van der Waals surface area contributed by atoms with Gasteiger partial charge in [-0.25, -0.2) is 9.78 Å². The summed E-state index contributed by atoms with van der Waals surface area (Å²) in [5.74, 6) is -0.262. The van der Waals surface area contributed by atoms with Gasteiger partial charge in [-0.05, 0) is 50.7 Å². The lowest BCUT2D eigenvalue weighted by Gasteiger charge is -2.39. The molecule has 0 spiro atoms. The van der Waals surface area contributed by atoms with Crippen LogP contribution in [0.4, 0.5) is 5.69 Å². The van der Waals surface area contributed by atoms with Crippen molar-refractivity contribution in [3.05, 3.63) is 51.8 Å². The van der Waals surface area contributed by atoms with Crippen LogP contribution >= 0.6 is 11.3 Å². The van der Waals surface area contributed by atoms with Gasteiger partial charge in [-0.2, -0.15) is 0 Å². The van der Waals surface area contributed by atoms with Crippen molar-refractivity contribution in [3.8, 4) is 16.9 Å². The molecular weight excluding hydrogens is 438 g/mol. The van der Waals surface area contributed by atoms with E-state index < -0.39 is 11.6 Å². The molecule has 0 aliphatic carbocycles. The number of nitrogens with zero attached hydrogens (tertiary/aromatic N) is 3. The maximum atomic E-state index is 13.2. The molecule has 2 aromatic carbocycles. The molecular formula is C25H25N3O4S. The molecule has 1 saturated heterocycles. The highest BCUT2D eigenvalue weighted by Gasteiger charge is 2.24. The molecule has 170 valence electrons. The second kappa shape index (κ2) is 8.28. The first-order valence-corrected chi connectivity index (χ1v) is 11.7. The van der Waals surface area contributed by atoms with E-state index in [0.29, 0.717) is 22.6 Å². The number of aromatic nitrogens is 1. The molecule has 0 bridgehead atoms. The smallest absolute Gasteiger partial charge is 0.348 e. The topological polar surface area (TPSA) is 75.9 Å². The number of likely N-dealkylation sites (N-methyl/N-ethyl adjacent to an activating group) is 1. The van der Waals surface area contributed by atoms with Crippen LogP contribution in [0.2, 0.25) is 0 Å². The van der Waals surface area contributed by atoms with Crippen LogP contribution in [0.5, 0.6) is 5.75 Å². The van der Waals surface area contributed by atoms with Gasteiger partial charge in [0.15, 0.2) is 5.75 Å². The normalized spacial score (nSPS) is 17.1. The lowest BCUT2D eigenvalue weighted by molar-refractivity contribution is -0.131. The van der Waals surface area contributed by atoms with Gasteiger partial charge in [0.25, 0.3) is 0 Å². The summed E-state index contributed by atoms with van der Waals surface area (Å²) in [7, 11) is 2.12. The molecule has 0 amide bonds. The molecule has 1 aliphatic rings. The molecule has 5 rings (SSSR count). The van der Waals surface area contributed by atoms with Gasteiger partial charge in [0.05, 0.1) is 20.6 Å². The first-order valence-electron chi connectivity index (χ1n) is 10.9. The monoisotopic (exact) mass is 463 g/mol. The van der Waals surface area contributed by atoms with E-state index in [-0.39, 0.29) is 11.3 Å². The molecule has 1 aliphatic heterocycles. The summed E-state index contributed by atoms with van der Waals surface area (Å²) in [6, 6.07) is 11.7. The number of fused-ring (bicyclic) bond motifs is 2. The highest BCUT2D eigenvalue weighted by atomic mass is 32.1. The van der Waals surface area contributed by atoms with Crippen molar-refractivity contribution < 1.29 is 13.9 Å². The molecule has 0 unspecified atom stereocenters. The summed E-state index contributed by atoms with van der Waals surface area (Å²) >= 11 is 1.55. The molecule has 1 fully saturated rings. The van der Waals surface area contributed by atoms with Gasteiger partial charge >= 0.3 is 11.6 Å².